The number of imidazole rings is 1. The number of hydrogen-bond donors (Lipinski definition) is 1. The van der Waals surface area contributed by atoms with E-state index in [2.05, 4.69) is 33.5 Å². The van der Waals surface area contributed by atoms with Gasteiger partial charge in [0.1, 0.15) is 18.1 Å². The van der Waals surface area contributed by atoms with E-state index in [1.54, 1.807) is 12.4 Å². The standard InChI is InChI=1S/C29H35ClN6O3/c1-17-7-9-19(10-8-17)15-36-25(16-38-18(2)20-5-3-4-6-20)32-23-12-24(28-34-29(37)39-35-28)33-26(27(23)36)21-11-22(30)14-31-13-21/h11-14,17-20H,3-10,15-16H2,1-2H3,(H,34,35,37). The summed E-state index contributed by atoms with van der Waals surface area (Å²) in [6.45, 7) is 5.81. The van der Waals surface area contributed by atoms with Gasteiger partial charge in [-0.15, -0.1) is 0 Å². The third-order valence-electron chi connectivity index (χ3n) is 8.58. The summed E-state index contributed by atoms with van der Waals surface area (Å²) in [4.78, 5) is 28.7. The molecule has 206 valence electrons. The lowest BCUT2D eigenvalue weighted by molar-refractivity contribution is 0.0104. The molecule has 0 aromatic carbocycles. The number of nitrogens with zero attached hydrogens (tertiary/aromatic N) is 5. The first-order valence-corrected chi connectivity index (χ1v) is 14.5. The molecule has 0 aliphatic heterocycles. The molecule has 1 unspecified atom stereocenters. The molecule has 4 aromatic heterocycles. The molecule has 9 nitrogen and oxygen atoms in total. The van der Waals surface area contributed by atoms with Gasteiger partial charge in [0.2, 0.25) is 5.82 Å². The van der Waals surface area contributed by atoms with Crippen molar-refractivity contribution >= 4 is 22.6 Å². The molecular formula is C29H35ClN6O3. The maximum atomic E-state index is 11.7. The Labute approximate surface area is 232 Å². The van der Waals surface area contributed by atoms with E-state index in [0.29, 0.717) is 34.9 Å². The van der Waals surface area contributed by atoms with Gasteiger partial charge in [-0.3, -0.25) is 14.5 Å². The first-order valence-electron chi connectivity index (χ1n) is 14.1. The van der Waals surface area contributed by atoms with Gasteiger partial charge >= 0.3 is 5.76 Å². The predicted molar refractivity (Wildman–Crippen MR) is 149 cm³/mol. The van der Waals surface area contributed by atoms with E-state index in [1.807, 2.05) is 12.1 Å². The number of fused-ring (bicyclic) bond motifs is 1. The summed E-state index contributed by atoms with van der Waals surface area (Å²) in [5.41, 5.74) is 3.60. The number of hydrogen-bond acceptors (Lipinski definition) is 7. The Morgan fingerprint density at radius 1 is 1.13 bits per heavy atom. The van der Waals surface area contributed by atoms with Crippen LogP contribution in [0.25, 0.3) is 33.8 Å². The zero-order valence-electron chi connectivity index (χ0n) is 22.5. The molecule has 2 fully saturated rings. The van der Waals surface area contributed by atoms with Crippen LogP contribution in [0.1, 0.15) is 71.0 Å². The molecular weight excluding hydrogens is 516 g/mol. The summed E-state index contributed by atoms with van der Waals surface area (Å²) in [5, 5.41) is 4.39. The van der Waals surface area contributed by atoms with Crippen LogP contribution in [0, 0.1) is 17.8 Å². The summed E-state index contributed by atoms with van der Waals surface area (Å²) in [6, 6.07) is 3.71. The molecule has 4 heterocycles. The minimum Gasteiger partial charge on any atom is -0.370 e. The number of rotatable bonds is 8. The molecule has 39 heavy (non-hydrogen) atoms. The van der Waals surface area contributed by atoms with Crippen LogP contribution in [-0.2, 0) is 17.9 Å². The zero-order chi connectivity index (χ0) is 26.9. The summed E-state index contributed by atoms with van der Waals surface area (Å²) < 4.78 is 13.5. The molecule has 10 heteroatoms. The fraction of sp³-hybridized carbons (Fsp3) is 0.552. The molecule has 1 N–H and O–H groups in total. The largest absolute Gasteiger partial charge is 0.439 e. The second kappa shape index (κ2) is 11.2. The minimum atomic E-state index is -0.634. The quantitative estimate of drug-likeness (QED) is 0.269. The first-order chi connectivity index (χ1) is 18.9. The average Bonchev–Trinajstić information content (AvgIpc) is 3.69. The fourth-order valence-corrected chi connectivity index (χ4v) is 6.43. The maximum absolute atomic E-state index is 11.7. The van der Waals surface area contributed by atoms with Crippen LogP contribution in [0.15, 0.2) is 33.8 Å². The van der Waals surface area contributed by atoms with Gasteiger partial charge in [-0.25, -0.2) is 14.8 Å². The molecule has 1 atom stereocenters. The summed E-state index contributed by atoms with van der Waals surface area (Å²) >= 11 is 6.36. The summed E-state index contributed by atoms with van der Waals surface area (Å²) in [7, 11) is 0. The number of halogens is 1. The highest BCUT2D eigenvalue weighted by Gasteiger charge is 2.26. The molecule has 0 radical (unpaired) electrons. The predicted octanol–water partition coefficient (Wildman–Crippen LogP) is 6.41. The van der Waals surface area contributed by atoms with Crippen LogP contribution in [0.4, 0.5) is 0 Å². The van der Waals surface area contributed by atoms with Gasteiger partial charge in [-0.1, -0.05) is 49.4 Å². The number of ether oxygens (including phenoxy) is 1. The Balaban J connectivity index is 1.46. The van der Waals surface area contributed by atoms with Gasteiger partial charge < -0.3 is 9.30 Å². The number of H-pyrrole nitrogens is 1. The van der Waals surface area contributed by atoms with Gasteiger partial charge in [0.05, 0.1) is 27.9 Å². The molecule has 6 rings (SSSR count). The van der Waals surface area contributed by atoms with Crippen molar-refractivity contribution in [2.24, 2.45) is 17.8 Å². The Morgan fingerprint density at radius 3 is 2.64 bits per heavy atom. The molecule has 0 bridgehead atoms. The molecule has 2 aliphatic rings. The van der Waals surface area contributed by atoms with Crippen molar-refractivity contribution in [3.05, 3.63) is 45.9 Å². The lowest BCUT2D eigenvalue weighted by Crippen LogP contribution is -2.22. The Bertz CT molecular complexity index is 1500. The van der Waals surface area contributed by atoms with Crippen molar-refractivity contribution < 1.29 is 9.26 Å². The highest BCUT2D eigenvalue weighted by molar-refractivity contribution is 6.30. The van der Waals surface area contributed by atoms with E-state index < -0.39 is 5.76 Å². The topological polar surface area (TPSA) is 112 Å². The van der Waals surface area contributed by atoms with E-state index in [4.69, 9.17) is 30.8 Å². The van der Waals surface area contributed by atoms with Gasteiger partial charge in [-0.2, -0.15) is 0 Å². The van der Waals surface area contributed by atoms with Crippen molar-refractivity contribution in [2.45, 2.75) is 84.5 Å². The van der Waals surface area contributed by atoms with E-state index in [1.165, 1.54) is 51.4 Å². The summed E-state index contributed by atoms with van der Waals surface area (Å²) in [5.74, 6) is 2.44. The monoisotopic (exact) mass is 550 g/mol. The smallest absolute Gasteiger partial charge is 0.370 e. The van der Waals surface area contributed by atoms with Crippen molar-refractivity contribution in [1.29, 1.82) is 0 Å². The SMILES string of the molecule is CC1CCC(Cn2c(COC(C)C3CCCC3)nc3cc(-c4noc(=O)[nH]4)nc(-c4cncc(Cl)c4)c32)CC1. The number of aromatic nitrogens is 6. The van der Waals surface area contributed by atoms with Crippen molar-refractivity contribution in [2.75, 3.05) is 0 Å². The lowest BCUT2D eigenvalue weighted by atomic mass is 9.83. The van der Waals surface area contributed by atoms with Crippen LogP contribution in [0.5, 0.6) is 0 Å². The van der Waals surface area contributed by atoms with E-state index in [-0.39, 0.29) is 11.9 Å². The number of pyridine rings is 2. The van der Waals surface area contributed by atoms with Gasteiger partial charge in [-0.05, 0) is 62.5 Å². The fourth-order valence-electron chi connectivity index (χ4n) is 6.25. The first kappa shape index (κ1) is 26.2. The van der Waals surface area contributed by atoms with Gasteiger partial charge in [0.15, 0.2) is 0 Å². The van der Waals surface area contributed by atoms with Crippen LogP contribution < -0.4 is 5.76 Å². The second-order valence-corrected chi connectivity index (χ2v) is 11.8. The average molecular weight is 551 g/mol. The number of aromatic amines is 1. The second-order valence-electron chi connectivity index (χ2n) is 11.4. The third-order valence-corrected chi connectivity index (χ3v) is 8.79. The molecule has 0 saturated heterocycles. The minimum absolute atomic E-state index is 0.182. The molecule has 2 aliphatic carbocycles. The van der Waals surface area contributed by atoms with Crippen LogP contribution in [0.2, 0.25) is 5.02 Å². The molecule has 0 spiro atoms. The Morgan fingerprint density at radius 2 is 1.92 bits per heavy atom. The van der Waals surface area contributed by atoms with E-state index in [9.17, 15) is 4.79 Å². The highest BCUT2D eigenvalue weighted by Crippen LogP contribution is 2.36. The zero-order valence-corrected chi connectivity index (χ0v) is 23.3. The van der Waals surface area contributed by atoms with Gasteiger partial charge in [0, 0.05) is 24.5 Å². The molecule has 0 amide bonds. The van der Waals surface area contributed by atoms with Crippen LogP contribution in [0.3, 0.4) is 0 Å². The highest BCUT2D eigenvalue weighted by atomic mass is 35.5. The normalized spacial score (nSPS) is 21.1. The van der Waals surface area contributed by atoms with Gasteiger partial charge in [0.25, 0.3) is 0 Å². The number of nitrogens with one attached hydrogen (secondary N) is 1. The Kier molecular flexibility index (Phi) is 7.53. The maximum Gasteiger partial charge on any atom is 0.439 e. The van der Waals surface area contributed by atoms with Crippen molar-refractivity contribution in [3.8, 4) is 22.8 Å². The van der Waals surface area contributed by atoms with Crippen LogP contribution >= 0.6 is 11.6 Å². The molecule has 4 aromatic rings. The Hall–Kier alpha value is -3.04. The van der Waals surface area contributed by atoms with E-state index >= 15 is 0 Å². The lowest BCUT2D eigenvalue weighted by Gasteiger charge is -2.27. The van der Waals surface area contributed by atoms with Crippen molar-refractivity contribution in [3.63, 3.8) is 0 Å². The summed E-state index contributed by atoms with van der Waals surface area (Å²) in [6.07, 6.45) is 13.4. The van der Waals surface area contributed by atoms with Crippen LogP contribution in [-0.4, -0.2) is 35.8 Å². The molecule has 2 saturated carbocycles. The third kappa shape index (κ3) is 5.65. The van der Waals surface area contributed by atoms with Crippen molar-refractivity contribution in [1.82, 2.24) is 29.7 Å². The van der Waals surface area contributed by atoms with E-state index in [0.717, 1.165) is 34.9 Å².